The summed E-state index contributed by atoms with van der Waals surface area (Å²) in [5.41, 5.74) is 0.286. The van der Waals surface area contributed by atoms with E-state index in [1.807, 2.05) is 0 Å². The Morgan fingerprint density at radius 3 is 2.72 bits per heavy atom. The number of carbonyl (C=O) groups excluding carboxylic acids is 2. The number of likely N-dealkylation sites (tertiary alicyclic amines) is 1. The van der Waals surface area contributed by atoms with Crippen LogP contribution in [0.15, 0.2) is 29.2 Å². The van der Waals surface area contributed by atoms with Gasteiger partial charge in [-0.15, -0.1) is 0 Å². The van der Waals surface area contributed by atoms with Gasteiger partial charge in [0.05, 0.1) is 30.3 Å². The van der Waals surface area contributed by atoms with Crippen LogP contribution in [0.5, 0.6) is 0 Å². The Balaban J connectivity index is 1.98. The zero-order valence-electron chi connectivity index (χ0n) is 14.6. The van der Waals surface area contributed by atoms with E-state index >= 15 is 0 Å². The molecule has 0 aliphatic carbocycles. The predicted octanol–water partition coefficient (Wildman–Crippen LogP) is -0.113. The number of ether oxygens (including phenoxy) is 1. The monoisotopic (exact) mass is 369 g/mol. The van der Waals surface area contributed by atoms with Crippen molar-refractivity contribution in [1.29, 1.82) is 0 Å². The van der Waals surface area contributed by atoms with Crippen molar-refractivity contribution in [3.63, 3.8) is 0 Å². The summed E-state index contributed by atoms with van der Waals surface area (Å²) in [5.74, 6) is -0.655. The largest absolute Gasteiger partial charge is 0.466 e. The second kappa shape index (κ2) is 8.44. The van der Waals surface area contributed by atoms with E-state index < -0.39 is 9.84 Å². The molecule has 0 bridgehead atoms. The van der Waals surface area contributed by atoms with Gasteiger partial charge in [0, 0.05) is 6.26 Å². The molecule has 0 radical (unpaired) electrons. The molecule has 0 spiro atoms. The zero-order chi connectivity index (χ0) is 18.4. The number of benzene rings is 1. The van der Waals surface area contributed by atoms with E-state index in [0.717, 1.165) is 30.5 Å². The van der Waals surface area contributed by atoms with Crippen molar-refractivity contribution in [3.05, 3.63) is 24.3 Å². The number of quaternary nitrogens is 1. The van der Waals surface area contributed by atoms with Crippen molar-refractivity contribution in [3.8, 4) is 0 Å². The average molecular weight is 369 g/mol. The van der Waals surface area contributed by atoms with E-state index in [9.17, 15) is 18.0 Å². The Bertz CT molecular complexity index is 732. The predicted molar refractivity (Wildman–Crippen MR) is 93.1 cm³/mol. The number of para-hydroxylation sites is 1. The van der Waals surface area contributed by atoms with Crippen LogP contribution in [-0.4, -0.2) is 52.8 Å². The molecule has 1 aromatic rings. The van der Waals surface area contributed by atoms with Gasteiger partial charge in [0.1, 0.15) is 5.92 Å². The molecule has 138 valence electrons. The second-order valence-electron chi connectivity index (χ2n) is 6.29. The summed E-state index contributed by atoms with van der Waals surface area (Å²) in [6.07, 6.45) is 2.74. The Kier molecular flexibility index (Phi) is 6.55. The molecule has 1 fully saturated rings. The standard InChI is InChI=1S/C17H24N2O5S/c1-3-24-17(21)13-7-6-10-19(11-13)12-16(20)18-14-8-4-5-9-15(14)25(2,22)23/h4-5,8-9,13H,3,6-7,10-12H2,1-2H3,(H,18,20)/p+1/t13-/m0/s1. The molecule has 25 heavy (non-hydrogen) atoms. The summed E-state index contributed by atoms with van der Waals surface area (Å²) in [7, 11) is -3.42. The third-order valence-electron chi connectivity index (χ3n) is 4.21. The Hall–Kier alpha value is -1.93. The minimum Gasteiger partial charge on any atom is -0.466 e. The molecule has 8 heteroatoms. The van der Waals surface area contributed by atoms with Gasteiger partial charge in [-0.25, -0.2) is 8.42 Å². The fraction of sp³-hybridized carbons (Fsp3) is 0.529. The number of anilines is 1. The number of esters is 1. The maximum Gasteiger partial charge on any atom is 0.314 e. The molecule has 1 amide bonds. The van der Waals surface area contributed by atoms with Gasteiger partial charge >= 0.3 is 5.97 Å². The van der Waals surface area contributed by atoms with E-state index in [1.165, 1.54) is 6.07 Å². The van der Waals surface area contributed by atoms with Crippen LogP contribution in [0.2, 0.25) is 0 Å². The minimum absolute atomic E-state index is 0.0985. The van der Waals surface area contributed by atoms with Crippen LogP contribution >= 0.6 is 0 Å². The molecule has 1 aliphatic heterocycles. The van der Waals surface area contributed by atoms with Crippen molar-refractivity contribution < 1.29 is 27.6 Å². The number of rotatable bonds is 6. The lowest BCUT2D eigenvalue weighted by Gasteiger charge is -2.28. The quantitative estimate of drug-likeness (QED) is 0.682. The molecular formula is C17H25N2O5S+. The van der Waals surface area contributed by atoms with Crippen molar-refractivity contribution in [1.82, 2.24) is 0 Å². The van der Waals surface area contributed by atoms with Crippen LogP contribution in [0, 0.1) is 5.92 Å². The first-order valence-electron chi connectivity index (χ1n) is 8.40. The van der Waals surface area contributed by atoms with Gasteiger partial charge in [0.25, 0.3) is 5.91 Å². The molecule has 0 saturated carbocycles. The van der Waals surface area contributed by atoms with Gasteiger partial charge in [-0.1, -0.05) is 12.1 Å². The van der Waals surface area contributed by atoms with Crippen molar-refractivity contribution in [2.24, 2.45) is 5.92 Å². The van der Waals surface area contributed by atoms with Crippen LogP contribution in [0.1, 0.15) is 19.8 Å². The minimum atomic E-state index is -3.42. The molecule has 7 nitrogen and oxygen atoms in total. The highest BCUT2D eigenvalue weighted by molar-refractivity contribution is 7.90. The summed E-state index contributed by atoms with van der Waals surface area (Å²) < 4.78 is 28.7. The molecule has 1 saturated heterocycles. The maximum absolute atomic E-state index is 12.3. The van der Waals surface area contributed by atoms with Crippen LogP contribution in [0.3, 0.4) is 0 Å². The van der Waals surface area contributed by atoms with Gasteiger partial charge in [0.15, 0.2) is 16.4 Å². The van der Waals surface area contributed by atoms with E-state index in [0.29, 0.717) is 13.2 Å². The lowest BCUT2D eigenvalue weighted by molar-refractivity contribution is -0.899. The van der Waals surface area contributed by atoms with E-state index in [2.05, 4.69) is 5.32 Å². The number of hydrogen-bond acceptors (Lipinski definition) is 5. The molecule has 1 aromatic carbocycles. The van der Waals surface area contributed by atoms with Crippen LogP contribution in [-0.2, 0) is 24.2 Å². The highest BCUT2D eigenvalue weighted by Crippen LogP contribution is 2.20. The number of sulfone groups is 1. The first-order valence-corrected chi connectivity index (χ1v) is 10.3. The molecule has 1 unspecified atom stereocenters. The molecule has 2 N–H and O–H groups in total. The van der Waals surface area contributed by atoms with Crippen molar-refractivity contribution in [2.45, 2.75) is 24.7 Å². The first-order chi connectivity index (χ1) is 11.8. The summed E-state index contributed by atoms with van der Waals surface area (Å²) in [4.78, 5) is 25.3. The summed E-state index contributed by atoms with van der Waals surface area (Å²) in [5, 5.41) is 2.68. The topological polar surface area (TPSA) is 94.0 Å². The number of nitrogens with one attached hydrogen (secondary N) is 2. The molecule has 2 atom stereocenters. The molecule has 1 heterocycles. The summed E-state index contributed by atoms with van der Waals surface area (Å²) in [6.45, 7) is 3.68. The van der Waals surface area contributed by atoms with E-state index in [1.54, 1.807) is 25.1 Å². The van der Waals surface area contributed by atoms with Gasteiger partial charge < -0.3 is 15.0 Å². The highest BCUT2D eigenvalue weighted by atomic mass is 32.2. The van der Waals surface area contributed by atoms with Crippen LogP contribution < -0.4 is 10.2 Å². The van der Waals surface area contributed by atoms with Crippen molar-refractivity contribution in [2.75, 3.05) is 37.8 Å². The van der Waals surface area contributed by atoms with E-state index in [4.69, 9.17) is 4.74 Å². The number of amides is 1. The maximum atomic E-state index is 12.3. The smallest absolute Gasteiger partial charge is 0.314 e. The first kappa shape index (κ1) is 19.4. The van der Waals surface area contributed by atoms with Crippen molar-refractivity contribution >= 4 is 27.4 Å². The number of piperidine rings is 1. The summed E-state index contributed by atoms with van der Waals surface area (Å²) in [6, 6.07) is 6.33. The third-order valence-corrected chi connectivity index (χ3v) is 5.36. The average Bonchev–Trinajstić information content (AvgIpc) is 2.54. The Morgan fingerprint density at radius 1 is 1.32 bits per heavy atom. The third kappa shape index (κ3) is 5.54. The van der Waals surface area contributed by atoms with Gasteiger partial charge in [0.2, 0.25) is 0 Å². The molecule has 0 aromatic heterocycles. The Morgan fingerprint density at radius 2 is 2.04 bits per heavy atom. The normalized spacial score (nSPS) is 20.7. The van der Waals surface area contributed by atoms with Crippen LogP contribution in [0.25, 0.3) is 0 Å². The van der Waals surface area contributed by atoms with E-state index in [-0.39, 0.29) is 34.9 Å². The number of hydrogen-bond donors (Lipinski definition) is 2. The van der Waals surface area contributed by atoms with Crippen LogP contribution in [0.4, 0.5) is 5.69 Å². The Labute approximate surface area is 148 Å². The summed E-state index contributed by atoms with van der Waals surface area (Å²) >= 11 is 0. The fourth-order valence-corrected chi connectivity index (χ4v) is 3.93. The fourth-order valence-electron chi connectivity index (χ4n) is 3.09. The number of carbonyl (C=O) groups is 2. The van der Waals surface area contributed by atoms with Gasteiger partial charge in [-0.2, -0.15) is 0 Å². The molecule has 2 rings (SSSR count). The van der Waals surface area contributed by atoms with Gasteiger partial charge in [-0.3, -0.25) is 9.59 Å². The zero-order valence-corrected chi connectivity index (χ0v) is 15.4. The lowest BCUT2D eigenvalue weighted by atomic mass is 9.98. The highest BCUT2D eigenvalue weighted by Gasteiger charge is 2.31. The van der Waals surface area contributed by atoms with Gasteiger partial charge in [-0.05, 0) is 31.9 Å². The lowest BCUT2D eigenvalue weighted by Crippen LogP contribution is -3.14. The molecule has 1 aliphatic rings. The molecular weight excluding hydrogens is 344 g/mol. The SMILES string of the molecule is CCOC(=O)[C@H]1CCC[NH+](CC(=O)Nc2ccccc2S(C)(=O)=O)C1. The second-order valence-corrected chi connectivity index (χ2v) is 8.27.